The van der Waals surface area contributed by atoms with Crippen LogP contribution >= 0.6 is 11.6 Å². The molecular weight excluding hydrogens is 314 g/mol. The van der Waals surface area contributed by atoms with E-state index < -0.39 is 12.1 Å². The molecule has 0 unspecified atom stereocenters. The van der Waals surface area contributed by atoms with Gasteiger partial charge in [-0.25, -0.2) is 4.79 Å². The molecule has 0 fully saturated rings. The molecule has 0 bridgehead atoms. The first-order valence-corrected chi connectivity index (χ1v) is 7.80. The van der Waals surface area contributed by atoms with E-state index >= 15 is 0 Å². The number of benzene rings is 2. The van der Waals surface area contributed by atoms with Crippen LogP contribution in [0.5, 0.6) is 0 Å². The maximum Gasteiger partial charge on any atom is 0.338 e. The fourth-order valence-electron chi connectivity index (χ4n) is 2.68. The Bertz CT molecular complexity index is 759. The fraction of sp³-hybridized carbons (Fsp3) is 0.222. The molecule has 1 amide bonds. The molecule has 118 valence electrons. The average Bonchev–Trinajstić information content (AvgIpc) is 2.98. The number of esters is 1. The van der Waals surface area contributed by atoms with Gasteiger partial charge in [0.05, 0.1) is 5.56 Å². The van der Waals surface area contributed by atoms with Gasteiger partial charge in [0.15, 0.2) is 6.10 Å². The summed E-state index contributed by atoms with van der Waals surface area (Å²) in [6, 6.07) is 14.2. The number of halogens is 1. The van der Waals surface area contributed by atoms with E-state index in [-0.39, 0.29) is 5.91 Å². The van der Waals surface area contributed by atoms with E-state index in [1.165, 1.54) is 6.07 Å². The van der Waals surface area contributed by atoms with Gasteiger partial charge in [-0.15, -0.1) is 0 Å². The molecule has 0 saturated carbocycles. The number of para-hydroxylation sites is 1. The van der Waals surface area contributed by atoms with E-state index in [0.29, 0.717) is 17.1 Å². The van der Waals surface area contributed by atoms with Gasteiger partial charge in [0.2, 0.25) is 0 Å². The third kappa shape index (κ3) is 3.22. The largest absolute Gasteiger partial charge is 0.449 e. The van der Waals surface area contributed by atoms with Crippen LogP contribution in [0.25, 0.3) is 0 Å². The van der Waals surface area contributed by atoms with Crippen LogP contribution in [-0.2, 0) is 16.0 Å². The summed E-state index contributed by atoms with van der Waals surface area (Å²) in [7, 11) is 0. The molecule has 5 heteroatoms. The number of rotatable bonds is 3. The van der Waals surface area contributed by atoms with Crippen molar-refractivity contribution in [3.8, 4) is 0 Å². The van der Waals surface area contributed by atoms with Crippen LogP contribution in [0.3, 0.4) is 0 Å². The van der Waals surface area contributed by atoms with Gasteiger partial charge in [-0.1, -0.05) is 35.9 Å². The lowest BCUT2D eigenvalue weighted by molar-refractivity contribution is -0.126. The zero-order valence-corrected chi connectivity index (χ0v) is 13.4. The topological polar surface area (TPSA) is 46.6 Å². The monoisotopic (exact) mass is 329 g/mol. The van der Waals surface area contributed by atoms with Crippen LogP contribution in [0.1, 0.15) is 22.8 Å². The molecule has 2 aromatic carbocycles. The van der Waals surface area contributed by atoms with Gasteiger partial charge in [0, 0.05) is 17.3 Å². The highest BCUT2D eigenvalue weighted by Gasteiger charge is 2.29. The highest BCUT2D eigenvalue weighted by Crippen LogP contribution is 2.28. The van der Waals surface area contributed by atoms with Crippen LogP contribution in [0.4, 0.5) is 5.69 Å². The summed E-state index contributed by atoms with van der Waals surface area (Å²) in [6.07, 6.45) is -0.0377. The zero-order chi connectivity index (χ0) is 16.4. The van der Waals surface area contributed by atoms with Crippen molar-refractivity contribution in [3.63, 3.8) is 0 Å². The van der Waals surface area contributed by atoms with Gasteiger partial charge in [0.25, 0.3) is 5.91 Å². The van der Waals surface area contributed by atoms with E-state index in [1.54, 1.807) is 30.0 Å². The number of ether oxygens (including phenoxy) is 1. The first-order valence-electron chi connectivity index (χ1n) is 7.42. The van der Waals surface area contributed by atoms with Gasteiger partial charge in [-0.05, 0) is 43.2 Å². The lowest BCUT2D eigenvalue weighted by Crippen LogP contribution is -2.39. The van der Waals surface area contributed by atoms with Crippen molar-refractivity contribution in [2.45, 2.75) is 19.4 Å². The maximum atomic E-state index is 12.6. The molecule has 0 radical (unpaired) electrons. The smallest absolute Gasteiger partial charge is 0.338 e. The fourth-order valence-corrected chi connectivity index (χ4v) is 2.87. The molecule has 1 aliphatic rings. The minimum absolute atomic E-state index is 0.217. The molecule has 0 N–H and O–H groups in total. The highest BCUT2D eigenvalue weighted by molar-refractivity contribution is 6.30. The van der Waals surface area contributed by atoms with E-state index in [4.69, 9.17) is 16.3 Å². The number of fused-ring (bicyclic) bond motifs is 1. The molecule has 0 aliphatic carbocycles. The summed E-state index contributed by atoms with van der Waals surface area (Å²) in [4.78, 5) is 26.4. The molecule has 2 aromatic rings. The van der Waals surface area contributed by atoms with E-state index in [2.05, 4.69) is 0 Å². The predicted molar refractivity (Wildman–Crippen MR) is 88.8 cm³/mol. The number of anilines is 1. The number of hydrogen-bond acceptors (Lipinski definition) is 3. The van der Waals surface area contributed by atoms with Crippen molar-refractivity contribution < 1.29 is 14.3 Å². The van der Waals surface area contributed by atoms with Crippen molar-refractivity contribution in [1.29, 1.82) is 0 Å². The number of hydrogen-bond donors (Lipinski definition) is 0. The molecule has 0 aromatic heterocycles. The Morgan fingerprint density at radius 1 is 1.17 bits per heavy atom. The van der Waals surface area contributed by atoms with Gasteiger partial charge in [-0.3, -0.25) is 4.79 Å². The van der Waals surface area contributed by atoms with E-state index in [1.807, 2.05) is 24.3 Å². The van der Waals surface area contributed by atoms with Crippen molar-refractivity contribution in [2.24, 2.45) is 0 Å². The number of amides is 1. The van der Waals surface area contributed by atoms with Crippen molar-refractivity contribution >= 4 is 29.2 Å². The quantitative estimate of drug-likeness (QED) is 0.810. The summed E-state index contributed by atoms with van der Waals surface area (Å²) in [5.74, 6) is -0.772. The van der Waals surface area contributed by atoms with Crippen LogP contribution in [-0.4, -0.2) is 24.5 Å². The minimum atomic E-state index is -0.854. The summed E-state index contributed by atoms with van der Waals surface area (Å²) in [5.41, 5.74) is 2.36. The Labute approximate surface area is 139 Å². The number of carbonyl (C=O) groups excluding carboxylic acids is 2. The lowest BCUT2D eigenvalue weighted by Gasteiger charge is -2.21. The number of carbonyl (C=O) groups is 2. The number of nitrogens with zero attached hydrogens (tertiary/aromatic N) is 1. The third-order valence-electron chi connectivity index (χ3n) is 3.85. The Morgan fingerprint density at radius 3 is 2.74 bits per heavy atom. The van der Waals surface area contributed by atoms with Gasteiger partial charge >= 0.3 is 5.97 Å². The SMILES string of the molecule is C[C@@H](OC(=O)c1cccc(Cl)c1)C(=O)N1CCc2ccccc21. The first-order chi connectivity index (χ1) is 11.1. The zero-order valence-electron chi connectivity index (χ0n) is 12.7. The second kappa shape index (κ2) is 6.42. The Hall–Kier alpha value is -2.33. The molecule has 0 spiro atoms. The standard InChI is InChI=1S/C18H16ClNO3/c1-12(23-18(22)14-6-4-7-15(19)11-14)17(21)20-10-9-13-5-2-3-8-16(13)20/h2-8,11-12H,9-10H2,1H3/t12-/m1/s1. The lowest BCUT2D eigenvalue weighted by atomic mass is 10.2. The molecule has 0 saturated heterocycles. The third-order valence-corrected chi connectivity index (χ3v) is 4.08. The van der Waals surface area contributed by atoms with Crippen LogP contribution in [0.15, 0.2) is 48.5 Å². The van der Waals surface area contributed by atoms with Crippen molar-refractivity contribution in [2.75, 3.05) is 11.4 Å². The highest BCUT2D eigenvalue weighted by atomic mass is 35.5. The Balaban J connectivity index is 1.70. The Kier molecular flexibility index (Phi) is 4.35. The van der Waals surface area contributed by atoms with Crippen LogP contribution in [0.2, 0.25) is 5.02 Å². The minimum Gasteiger partial charge on any atom is -0.449 e. The molecule has 23 heavy (non-hydrogen) atoms. The second-order valence-corrected chi connectivity index (χ2v) is 5.86. The van der Waals surface area contributed by atoms with Crippen LogP contribution in [0, 0.1) is 0 Å². The molecular formula is C18H16ClNO3. The van der Waals surface area contributed by atoms with Gasteiger partial charge in [0.1, 0.15) is 0 Å². The molecule has 1 atom stereocenters. The second-order valence-electron chi connectivity index (χ2n) is 5.43. The van der Waals surface area contributed by atoms with Gasteiger partial charge in [-0.2, -0.15) is 0 Å². The summed E-state index contributed by atoms with van der Waals surface area (Å²) in [6.45, 7) is 2.20. The summed E-state index contributed by atoms with van der Waals surface area (Å²) >= 11 is 5.86. The molecule has 3 rings (SSSR count). The molecule has 1 heterocycles. The normalized spacial score (nSPS) is 14.3. The maximum absolute atomic E-state index is 12.6. The molecule has 1 aliphatic heterocycles. The summed E-state index contributed by atoms with van der Waals surface area (Å²) < 4.78 is 5.29. The molecule has 4 nitrogen and oxygen atoms in total. The summed E-state index contributed by atoms with van der Waals surface area (Å²) in [5, 5.41) is 0.451. The van der Waals surface area contributed by atoms with E-state index in [0.717, 1.165) is 17.7 Å². The van der Waals surface area contributed by atoms with Crippen molar-refractivity contribution in [3.05, 3.63) is 64.7 Å². The Morgan fingerprint density at radius 2 is 1.96 bits per heavy atom. The predicted octanol–water partition coefficient (Wildman–Crippen LogP) is 3.47. The van der Waals surface area contributed by atoms with Crippen molar-refractivity contribution in [1.82, 2.24) is 0 Å². The van der Waals surface area contributed by atoms with Gasteiger partial charge < -0.3 is 9.64 Å². The van der Waals surface area contributed by atoms with Crippen LogP contribution < -0.4 is 4.90 Å². The van der Waals surface area contributed by atoms with E-state index in [9.17, 15) is 9.59 Å². The first kappa shape index (κ1) is 15.6. The average molecular weight is 330 g/mol.